The Bertz CT molecular complexity index is 3150. The molecule has 1 heterocycles. The van der Waals surface area contributed by atoms with Crippen LogP contribution in [-0.4, -0.2) is 0 Å². The summed E-state index contributed by atoms with van der Waals surface area (Å²) in [6.45, 7) is 6.86. The third-order valence-electron chi connectivity index (χ3n) is 11.7. The second-order valence-corrected chi connectivity index (χ2v) is 17.3. The zero-order valence-electron chi connectivity index (χ0n) is 31.7. The topological polar surface area (TPSA) is 3.24 Å². The molecule has 10 aromatic rings. The van der Waals surface area contributed by atoms with Crippen LogP contribution in [0.4, 0.5) is 17.1 Å². The van der Waals surface area contributed by atoms with Crippen molar-refractivity contribution in [3.05, 3.63) is 188 Å². The molecule has 266 valence electrons. The maximum atomic E-state index is 2.52. The van der Waals surface area contributed by atoms with Gasteiger partial charge >= 0.3 is 0 Å². The van der Waals surface area contributed by atoms with Crippen molar-refractivity contribution >= 4 is 70.1 Å². The van der Waals surface area contributed by atoms with Gasteiger partial charge in [-0.1, -0.05) is 136 Å². The molecule has 9 aromatic carbocycles. The largest absolute Gasteiger partial charge is 0.309 e. The van der Waals surface area contributed by atoms with Crippen LogP contribution in [0, 0.1) is 0 Å². The van der Waals surface area contributed by atoms with Crippen molar-refractivity contribution in [2.75, 3.05) is 4.90 Å². The minimum atomic E-state index is 0.0533. The molecule has 0 atom stereocenters. The molecule has 0 spiro atoms. The average molecular weight is 734 g/mol. The molecule has 0 unspecified atom stereocenters. The molecule has 0 radical (unpaired) electrons. The van der Waals surface area contributed by atoms with Gasteiger partial charge in [0.25, 0.3) is 0 Å². The molecule has 0 saturated carbocycles. The molecule has 1 aromatic heterocycles. The van der Waals surface area contributed by atoms with Crippen LogP contribution in [0.25, 0.3) is 86.2 Å². The Morgan fingerprint density at radius 1 is 0.393 bits per heavy atom. The summed E-state index contributed by atoms with van der Waals surface area (Å²) in [5.74, 6) is 0. The van der Waals surface area contributed by atoms with Crippen molar-refractivity contribution in [1.29, 1.82) is 0 Å². The Hall–Kier alpha value is -6.48. The van der Waals surface area contributed by atoms with Crippen LogP contribution in [0.15, 0.2) is 182 Å². The van der Waals surface area contributed by atoms with Gasteiger partial charge < -0.3 is 4.90 Å². The number of benzene rings is 9. The van der Waals surface area contributed by atoms with Gasteiger partial charge in [0.1, 0.15) is 0 Å². The standard InChI is InChI=1S/C54H39NS/c1-54(2,3)41-21-24-42(25-22-41)55(53-44(35-14-8-5-9-15-35)26-27-51-52(53)45-16-10-11-17-50(45)56-51)43-23-20-38-31-47-46-30-37-19-18-36(34-12-6-4-7-13-34)28-39(37)32-48(46)49(47)33-40(38)29-43/h4-33H,1-3H3. The normalized spacial score (nSPS) is 12.2. The van der Waals surface area contributed by atoms with Crippen molar-refractivity contribution in [1.82, 2.24) is 0 Å². The molecule has 56 heavy (non-hydrogen) atoms. The lowest BCUT2D eigenvalue weighted by Crippen LogP contribution is -2.14. The van der Waals surface area contributed by atoms with E-state index in [9.17, 15) is 0 Å². The number of rotatable bonds is 5. The van der Waals surface area contributed by atoms with Crippen molar-refractivity contribution in [3.63, 3.8) is 0 Å². The molecular weight excluding hydrogens is 695 g/mol. The van der Waals surface area contributed by atoms with Crippen molar-refractivity contribution in [2.45, 2.75) is 26.2 Å². The summed E-state index contributed by atoms with van der Waals surface area (Å²) < 4.78 is 2.59. The van der Waals surface area contributed by atoms with Crippen LogP contribution in [0.2, 0.25) is 0 Å². The summed E-state index contributed by atoms with van der Waals surface area (Å²) in [6, 6.07) is 67.8. The number of hydrogen-bond acceptors (Lipinski definition) is 2. The third kappa shape index (κ3) is 5.28. The Morgan fingerprint density at radius 2 is 0.964 bits per heavy atom. The maximum absolute atomic E-state index is 2.52. The van der Waals surface area contributed by atoms with Gasteiger partial charge in [0.15, 0.2) is 0 Å². The van der Waals surface area contributed by atoms with E-state index in [1.807, 2.05) is 11.3 Å². The quantitative estimate of drug-likeness (QED) is 0.170. The molecule has 1 nitrogen and oxygen atoms in total. The summed E-state index contributed by atoms with van der Waals surface area (Å²) in [5.41, 5.74) is 15.1. The minimum absolute atomic E-state index is 0.0533. The second-order valence-electron chi connectivity index (χ2n) is 16.2. The number of hydrogen-bond donors (Lipinski definition) is 0. The molecule has 0 bridgehead atoms. The zero-order valence-corrected chi connectivity index (χ0v) is 32.5. The second kappa shape index (κ2) is 12.5. The molecule has 1 aliphatic carbocycles. The van der Waals surface area contributed by atoms with Crippen LogP contribution in [0.1, 0.15) is 26.3 Å². The minimum Gasteiger partial charge on any atom is -0.309 e. The predicted molar refractivity (Wildman–Crippen MR) is 243 cm³/mol. The van der Waals surface area contributed by atoms with Crippen LogP contribution >= 0.6 is 11.3 Å². The molecule has 0 N–H and O–H groups in total. The fourth-order valence-electron chi connectivity index (χ4n) is 8.76. The van der Waals surface area contributed by atoms with Gasteiger partial charge in [0.05, 0.1) is 5.69 Å². The number of fused-ring (bicyclic) bond motifs is 9. The van der Waals surface area contributed by atoms with E-state index < -0.39 is 0 Å². The van der Waals surface area contributed by atoms with Gasteiger partial charge in [-0.15, -0.1) is 11.3 Å². The highest BCUT2D eigenvalue weighted by atomic mass is 32.1. The molecule has 0 aliphatic heterocycles. The molecule has 11 rings (SSSR count). The molecule has 0 amide bonds. The molecule has 2 heteroatoms. The van der Waals surface area contributed by atoms with Crippen LogP contribution < -0.4 is 4.90 Å². The van der Waals surface area contributed by atoms with Gasteiger partial charge in [0, 0.05) is 37.1 Å². The number of nitrogens with zero attached hydrogens (tertiary/aromatic N) is 1. The SMILES string of the molecule is CC(C)(C)c1ccc(N(c2ccc3cc4c(cc3c2)-c2cc3cc(-c5ccccc5)ccc3cc2-4)c2c(-c3ccccc3)ccc3sc4ccccc4c23)cc1. The Kier molecular flexibility index (Phi) is 7.36. The van der Waals surface area contributed by atoms with Gasteiger partial charge in [-0.2, -0.15) is 0 Å². The third-order valence-corrected chi connectivity index (χ3v) is 12.8. The smallest absolute Gasteiger partial charge is 0.0633 e. The van der Waals surface area contributed by atoms with E-state index >= 15 is 0 Å². The fraction of sp³-hybridized carbons (Fsp3) is 0.0741. The predicted octanol–water partition coefficient (Wildman–Crippen LogP) is 16.1. The van der Waals surface area contributed by atoms with E-state index in [1.165, 1.54) is 97.5 Å². The first kappa shape index (κ1) is 32.9. The molecule has 1 aliphatic rings. The van der Waals surface area contributed by atoms with E-state index in [2.05, 4.69) is 208 Å². The number of thiophene rings is 1. The monoisotopic (exact) mass is 733 g/mol. The molecular formula is C54H39NS. The first-order valence-corrected chi connectivity index (χ1v) is 20.3. The van der Waals surface area contributed by atoms with E-state index in [0.29, 0.717) is 0 Å². The van der Waals surface area contributed by atoms with Gasteiger partial charge in [0.2, 0.25) is 0 Å². The maximum Gasteiger partial charge on any atom is 0.0633 e. The first-order valence-electron chi connectivity index (χ1n) is 19.5. The van der Waals surface area contributed by atoms with Crippen LogP contribution in [0.3, 0.4) is 0 Å². The van der Waals surface area contributed by atoms with Crippen molar-refractivity contribution in [3.8, 4) is 44.5 Å². The number of anilines is 3. The van der Waals surface area contributed by atoms with E-state index in [4.69, 9.17) is 0 Å². The molecule has 0 fully saturated rings. The van der Waals surface area contributed by atoms with Crippen molar-refractivity contribution in [2.24, 2.45) is 0 Å². The molecule has 0 saturated heterocycles. The zero-order chi connectivity index (χ0) is 37.5. The van der Waals surface area contributed by atoms with Crippen LogP contribution in [0.5, 0.6) is 0 Å². The highest BCUT2D eigenvalue weighted by Gasteiger charge is 2.26. The van der Waals surface area contributed by atoms with Crippen LogP contribution in [-0.2, 0) is 5.41 Å². The van der Waals surface area contributed by atoms with Gasteiger partial charge in [-0.25, -0.2) is 0 Å². The lowest BCUT2D eigenvalue weighted by molar-refractivity contribution is 0.590. The Balaban J connectivity index is 1.11. The summed E-state index contributed by atoms with van der Waals surface area (Å²) in [7, 11) is 0. The fourth-order valence-corrected chi connectivity index (χ4v) is 9.87. The van der Waals surface area contributed by atoms with Gasteiger partial charge in [-0.3, -0.25) is 0 Å². The Morgan fingerprint density at radius 3 is 1.64 bits per heavy atom. The highest BCUT2D eigenvalue weighted by Crippen LogP contribution is 2.53. The first-order chi connectivity index (χ1) is 27.4. The summed E-state index contributed by atoms with van der Waals surface area (Å²) in [6.07, 6.45) is 0. The van der Waals surface area contributed by atoms with Crippen molar-refractivity contribution < 1.29 is 0 Å². The highest BCUT2D eigenvalue weighted by molar-refractivity contribution is 7.26. The average Bonchev–Trinajstić information content (AvgIpc) is 3.62. The van der Waals surface area contributed by atoms with E-state index in [1.54, 1.807) is 0 Å². The lowest BCUT2D eigenvalue weighted by atomic mass is 9.77. The summed E-state index contributed by atoms with van der Waals surface area (Å²) >= 11 is 1.87. The summed E-state index contributed by atoms with van der Waals surface area (Å²) in [5, 5.41) is 7.63. The Labute approximate surface area is 331 Å². The van der Waals surface area contributed by atoms with E-state index in [-0.39, 0.29) is 5.41 Å². The summed E-state index contributed by atoms with van der Waals surface area (Å²) in [4.78, 5) is 2.52. The lowest BCUT2D eigenvalue weighted by Gasteiger charge is -2.30. The van der Waals surface area contributed by atoms with E-state index in [0.717, 1.165) is 11.4 Å². The van der Waals surface area contributed by atoms with Gasteiger partial charge in [-0.05, 0) is 138 Å².